The molecule has 1 heterocycles. The van der Waals surface area contributed by atoms with Gasteiger partial charge in [0, 0.05) is 36.3 Å². The summed E-state index contributed by atoms with van der Waals surface area (Å²) in [6, 6.07) is 3.75. The third-order valence-corrected chi connectivity index (χ3v) is 4.46. The van der Waals surface area contributed by atoms with Gasteiger partial charge in [0.2, 0.25) is 0 Å². The second-order valence-electron chi connectivity index (χ2n) is 5.78. The number of morpholine rings is 1. The minimum absolute atomic E-state index is 0.394. The molecule has 1 aromatic carbocycles. The number of nitrogens with zero attached hydrogens (tertiary/aromatic N) is 1. The Labute approximate surface area is 130 Å². The van der Waals surface area contributed by atoms with Crippen LogP contribution in [0.5, 0.6) is 11.5 Å². The summed E-state index contributed by atoms with van der Waals surface area (Å²) >= 11 is 6.19. The molecular weight excluding hydrogens is 290 g/mol. The van der Waals surface area contributed by atoms with Crippen LogP contribution in [0.4, 0.5) is 0 Å². The maximum Gasteiger partial charge on any atom is 0.165 e. The molecule has 1 aliphatic heterocycles. The molecule has 3 rings (SSSR count). The van der Waals surface area contributed by atoms with Crippen LogP contribution in [0.2, 0.25) is 5.02 Å². The maximum atomic E-state index is 6.19. The van der Waals surface area contributed by atoms with Crippen molar-refractivity contribution in [2.45, 2.75) is 25.5 Å². The average Bonchev–Trinajstić information content (AvgIpc) is 3.31. The zero-order valence-electron chi connectivity index (χ0n) is 12.6. The van der Waals surface area contributed by atoms with Crippen LogP contribution in [-0.2, 0) is 11.3 Å². The fraction of sp³-hybridized carbons (Fsp3) is 0.625. The van der Waals surface area contributed by atoms with Gasteiger partial charge in [-0.2, -0.15) is 0 Å². The van der Waals surface area contributed by atoms with Gasteiger partial charge in [0.05, 0.1) is 26.9 Å². The lowest BCUT2D eigenvalue weighted by molar-refractivity contribution is -0.0420. The second-order valence-corrected chi connectivity index (χ2v) is 6.22. The van der Waals surface area contributed by atoms with Crippen LogP contribution < -0.4 is 9.47 Å². The highest BCUT2D eigenvalue weighted by Gasteiger charge is 2.35. The van der Waals surface area contributed by atoms with Crippen molar-refractivity contribution in [3.8, 4) is 11.5 Å². The van der Waals surface area contributed by atoms with Gasteiger partial charge in [-0.25, -0.2) is 0 Å². The second kappa shape index (κ2) is 6.42. The van der Waals surface area contributed by atoms with E-state index in [-0.39, 0.29) is 0 Å². The Balaban J connectivity index is 1.75. The number of rotatable bonds is 5. The van der Waals surface area contributed by atoms with E-state index in [1.54, 1.807) is 20.3 Å². The van der Waals surface area contributed by atoms with Crippen LogP contribution in [0.25, 0.3) is 0 Å². The van der Waals surface area contributed by atoms with E-state index < -0.39 is 0 Å². The van der Waals surface area contributed by atoms with Crippen LogP contribution >= 0.6 is 11.6 Å². The molecule has 5 heteroatoms. The first-order chi connectivity index (χ1) is 10.2. The Morgan fingerprint density at radius 3 is 2.76 bits per heavy atom. The molecule has 0 aromatic heterocycles. The van der Waals surface area contributed by atoms with Gasteiger partial charge in [-0.1, -0.05) is 11.6 Å². The Morgan fingerprint density at radius 1 is 1.29 bits per heavy atom. The molecule has 2 fully saturated rings. The van der Waals surface area contributed by atoms with E-state index in [0.717, 1.165) is 43.5 Å². The van der Waals surface area contributed by atoms with Crippen LogP contribution in [0.1, 0.15) is 18.4 Å². The van der Waals surface area contributed by atoms with Crippen molar-refractivity contribution in [3.05, 3.63) is 22.7 Å². The Bertz CT molecular complexity index is 505. The highest BCUT2D eigenvalue weighted by atomic mass is 35.5. The van der Waals surface area contributed by atoms with Crippen molar-refractivity contribution >= 4 is 11.6 Å². The molecule has 0 radical (unpaired) electrons. The zero-order valence-corrected chi connectivity index (χ0v) is 13.4. The molecule has 1 aliphatic carbocycles. The van der Waals surface area contributed by atoms with Crippen LogP contribution in [0.15, 0.2) is 12.1 Å². The minimum atomic E-state index is 0.394. The molecule has 116 valence electrons. The zero-order chi connectivity index (χ0) is 14.8. The molecule has 1 atom stereocenters. The first-order valence-corrected chi connectivity index (χ1v) is 7.83. The largest absolute Gasteiger partial charge is 0.493 e. The van der Waals surface area contributed by atoms with E-state index in [0.29, 0.717) is 16.9 Å². The SMILES string of the molecule is COc1cc(Cl)cc(CN2CCO[C@H](C3CC3)C2)c1OC. The molecule has 1 aromatic rings. The summed E-state index contributed by atoms with van der Waals surface area (Å²) < 4.78 is 16.7. The first kappa shape index (κ1) is 14.9. The summed E-state index contributed by atoms with van der Waals surface area (Å²) in [6.45, 7) is 3.55. The predicted octanol–water partition coefficient (Wildman–Crippen LogP) is 2.97. The number of hydrogen-bond acceptors (Lipinski definition) is 4. The van der Waals surface area contributed by atoms with E-state index in [4.69, 9.17) is 25.8 Å². The summed E-state index contributed by atoms with van der Waals surface area (Å²) in [5, 5.41) is 0.676. The molecule has 0 spiro atoms. The van der Waals surface area contributed by atoms with Gasteiger partial charge in [-0.3, -0.25) is 4.90 Å². The number of benzene rings is 1. The van der Waals surface area contributed by atoms with E-state index >= 15 is 0 Å². The van der Waals surface area contributed by atoms with Crippen molar-refractivity contribution in [1.82, 2.24) is 4.90 Å². The Kier molecular flexibility index (Phi) is 4.57. The lowest BCUT2D eigenvalue weighted by Gasteiger charge is -2.33. The Morgan fingerprint density at radius 2 is 2.10 bits per heavy atom. The van der Waals surface area contributed by atoms with Gasteiger partial charge >= 0.3 is 0 Å². The summed E-state index contributed by atoms with van der Waals surface area (Å²) in [6.07, 6.45) is 3.02. The molecule has 1 saturated heterocycles. The number of hydrogen-bond donors (Lipinski definition) is 0. The highest BCUT2D eigenvalue weighted by Crippen LogP contribution is 2.38. The molecule has 0 unspecified atom stereocenters. The van der Waals surface area contributed by atoms with Gasteiger partial charge in [-0.05, 0) is 24.8 Å². The van der Waals surface area contributed by atoms with Crippen LogP contribution in [0.3, 0.4) is 0 Å². The summed E-state index contributed by atoms with van der Waals surface area (Å²) in [5.74, 6) is 2.23. The molecule has 0 bridgehead atoms. The van der Waals surface area contributed by atoms with Gasteiger partial charge in [0.1, 0.15) is 0 Å². The first-order valence-electron chi connectivity index (χ1n) is 7.45. The molecular formula is C16H22ClNO3. The van der Waals surface area contributed by atoms with Crippen molar-refractivity contribution < 1.29 is 14.2 Å². The number of methoxy groups -OCH3 is 2. The number of ether oxygens (including phenoxy) is 3. The average molecular weight is 312 g/mol. The fourth-order valence-electron chi connectivity index (χ4n) is 2.99. The molecule has 21 heavy (non-hydrogen) atoms. The third kappa shape index (κ3) is 3.44. The third-order valence-electron chi connectivity index (χ3n) is 4.24. The van der Waals surface area contributed by atoms with Crippen LogP contribution in [0, 0.1) is 5.92 Å². The summed E-state index contributed by atoms with van der Waals surface area (Å²) in [7, 11) is 3.30. The molecule has 1 saturated carbocycles. The van der Waals surface area contributed by atoms with Gasteiger partial charge in [-0.15, -0.1) is 0 Å². The predicted molar refractivity (Wildman–Crippen MR) is 82.3 cm³/mol. The van der Waals surface area contributed by atoms with E-state index in [2.05, 4.69) is 4.90 Å². The quantitative estimate of drug-likeness (QED) is 0.836. The normalized spacial score (nSPS) is 23.1. The smallest absolute Gasteiger partial charge is 0.165 e. The minimum Gasteiger partial charge on any atom is -0.493 e. The highest BCUT2D eigenvalue weighted by molar-refractivity contribution is 6.30. The van der Waals surface area contributed by atoms with Crippen molar-refractivity contribution in [2.24, 2.45) is 5.92 Å². The molecule has 0 N–H and O–H groups in total. The van der Waals surface area contributed by atoms with Gasteiger partial charge in [0.15, 0.2) is 11.5 Å². The van der Waals surface area contributed by atoms with E-state index in [1.165, 1.54) is 12.8 Å². The number of halogens is 1. The molecule has 2 aliphatic rings. The van der Waals surface area contributed by atoms with Crippen LogP contribution in [-0.4, -0.2) is 44.9 Å². The lowest BCUT2D eigenvalue weighted by Crippen LogP contribution is -2.42. The Hall–Kier alpha value is -0.970. The molecule has 0 amide bonds. The lowest BCUT2D eigenvalue weighted by atomic mass is 10.1. The van der Waals surface area contributed by atoms with Gasteiger partial charge < -0.3 is 14.2 Å². The van der Waals surface area contributed by atoms with Gasteiger partial charge in [0.25, 0.3) is 0 Å². The summed E-state index contributed by atoms with van der Waals surface area (Å²) in [4.78, 5) is 2.42. The van der Waals surface area contributed by atoms with E-state index in [1.807, 2.05) is 6.07 Å². The van der Waals surface area contributed by atoms with Crippen molar-refractivity contribution in [1.29, 1.82) is 0 Å². The molecule has 4 nitrogen and oxygen atoms in total. The van der Waals surface area contributed by atoms with Crippen molar-refractivity contribution in [2.75, 3.05) is 33.9 Å². The standard InChI is InChI=1S/C16H22ClNO3/c1-19-14-8-13(17)7-12(16(14)20-2)9-18-5-6-21-15(10-18)11-3-4-11/h7-8,11,15H,3-6,9-10H2,1-2H3/t15-/m0/s1. The van der Waals surface area contributed by atoms with Crippen molar-refractivity contribution in [3.63, 3.8) is 0 Å². The monoisotopic (exact) mass is 311 g/mol. The van der Waals surface area contributed by atoms with E-state index in [9.17, 15) is 0 Å². The summed E-state index contributed by atoms with van der Waals surface area (Å²) in [5.41, 5.74) is 1.07. The topological polar surface area (TPSA) is 30.9 Å². The fourth-order valence-corrected chi connectivity index (χ4v) is 3.22. The maximum absolute atomic E-state index is 6.19.